The maximum Gasteiger partial charge on any atom is 0.251 e. The van der Waals surface area contributed by atoms with E-state index >= 15 is 0 Å². The van der Waals surface area contributed by atoms with Gasteiger partial charge in [0, 0.05) is 23.9 Å². The summed E-state index contributed by atoms with van der Waals surface area (Å²) in [6.45, 7) is 7.96. The van der Waals surface area contributed by atoms with Gasteiger partial charge in [-0.2, -0.15) is 0 Å². The number of rotatable bonds is 7. The average molecular weight is 355 g/mol. The van der Waals surface area contributed by atoms with Crippen molar-refractivity contribution in [3.05, 3.63) is 58.8 Å². The number of amides is 2. The second-order valence-corrected chi connectivity index (χ2v) is 6.39. The predicted octanol–water partition coefficient (Wildman–Crippen LogP) is 2.53. The van der Waals surface area contributed by atoms with Crippen LogP contribution in [-0.4, -0.2) is 29.4 Å². The van der Waals surface area contributed by atoms with Crippen LogP contribution >= 0.6 is 0 Å². The topological polar surface area (TPSA) is 80.3 Å². The molecular weight excluding hydrogens is 330 g/mol. The minimum Gasteiger partial charge on any atom is -0.475 e. The maximum atomic E-state index is 12.1. The Morgan fingerprint density at radius 3 is 2.58 bits per heavy atom. The third-order valence-corrected chi connectivity index (χ3v) is 3.85. The van der Waals surface area contributed by atoms with Crippen LogP contribution in [0.5, 0.6) is 5.88 Å². The van der Waals surface area contributed by atoms with Crippen molar-refractivity contribution < 1.29 is 14.3 Å². The van der Waals surface area contributed by atoms with Crippen molar-refractivity contribution in [2.45, 2.75) is 40.3 Å². The van der Waals surface area contributed by atoms with Gasteiger partial charge in [0.15, 0.2) is 0 Å². The summed E-state index contributed by atoms with van der Waals surface area (Å²) in [6, 6.07) is 9.09. The number of hydrogen-bond acceptors (Lipinski definition) is 4. The lowest BCUT2D eigenvalue weighted by atomic mass is 10.1. The molecule has 0 aliphatic heterocycles. The van der Waals surface area contributed by atoms with E-state index in [0.717, 1.165) is 16.7 Å². The Balaban J connectivity index is 1.86. The first-order valence-electron chi connectivity index (χ1n) is 8.59. The molecule has 2 aromatic rings. The molecule has 0 spiro atoms. The van der Waals surface area contributed by atoms with E-state index < -0.39 is 0 Å². The molecule has 0 bridgehead atoms. The number of aryl methyl sites for hydroxylation is 2. The zero-order valence-electron chi connectivity index (χ0n) is 15.6. The molecule has 26 heavy (non-hydrogen) atoms. The molecule has 6 nitrogen and oxygen atoms in total. The quantitative estimate of drug-likeness (QED) is 0.800. The Hall–Kier alpha value is -2.89. The van der Waals surface area contributed by atoms with Gasteiger partial charge in [-0.25, -0.2) is 4.98 Å². The Kier molecular flexibility index (Phi) is 6.72. The van der Waals surface area contributed by atoms with Crippen LogP contribution in [0.3, 0.4) is 0 Å². The van der Waals surface area contributed by atoms with Crippen LogP contribution < -0.4 is 15.4 Å². The van der Waals surface area contributed by atoms with Gasteiger partial charge in [0.05, 0.1) is 12.6 Å². The highest BCUT2D eigenvalue weighted by molar-refractivity contribution is 5.96. The first kappa shape index (κ1) is 19.4. The summed E-state index contributed by atoms with van der Waals surface area (Å²) in [5, 5.41) is 5.40. The smallest absolute Gasteiger partial charge is 0.251 e. The number of hydrogen-bond donors (Lipinski definition) is 2. The van der Waals surface area contributed by atoms with Crippen molar-refractivity contribution in [1.29, 1.82) is 0 Å². The second kappa shape index (κ2) is 8.99. The van der Waals surface area contributed by atoms with E-state index in [1.54, 1.807) is 18.3 Å². The first-order valence-corrected chi connectivity index (χ1v) is 8.59. The molecule has 0 saturated carbocycles. The summed E-state index contributed by atoms with van der Waals surface area (Å²) < 4.78 is 5.62. The van der Waals surface area contributed by atoms with E-state index in [9.17, 15) is 9.59 Å². The Bertz CT molecular complexity index is 788. The van der Waals surface area contributed by atoms with Gasteiger partial charge < -0.3 is 15.4 Å². The molecule has 1 aromatic carbocycles. The molecule has 2 rings (SSSR count). The number of aromatic nitrogens is 1. The molecular formula is C20H25N3O3. The van der Waals surface area contributed by atoms with Crippen molar-refractivity contribution >= 4 is 11.8 Å². The molecule has 138 valence electrons. The van der Waals surface area contributed by atoms with Gasteiger partial charge in [0.1, 0.15) is 0 Å². The number of nitrogens with zero attached hydrogens (tertiary/aromatic N) is 1. The zero-order chi connectivity index (χ0) is 19.1. The normalized spacial score (nSPS) is 10.5. The highest BCUT2D eigenvalue weighted by atomic mass is 16.5. The molecule has 1 aromatic heterocycles. The Morgan fingerprint density at radius 1 is 1.12 bits per heavy atom. The lowest BCUT2D eigenvalue weighted by molar-refractivity contribution is -0.120. The van der Waals surface area contributed by atoms with Gasteiger partial charge in [-0.1, -0.05) is 12.1 Å². The van der Waals surface area contributed by atoms with E-state index in [1.165, 1.54) is 0 Å². The molecule has 0 aliphatic carbocycles. The standard InChI is InChI=1S/C20H25N3O3/c1-13(2)26-20-17(6-5-9-21-20)11-22-18(24)12-23-19(25)16-8-7-14(3)15(4)10-16/h5-10,13H,11-12H2,1-4H3,(H,22,24)(H,23,25). The number of carbonyl (C=O) groups excluding carboxylic acids is 2. The van der Waals surface area contributed by atoms with Gasteiger partial charge in [-0.3, -0.25) is 9.59 Å². The lowest BCUT2D eigenvalue weighted by Gasteiger charge is -2.13. The minimum atomic E-state index is -0.276. The van der Waals surface area contributed by atoms with Gasteiger partial charge >= 0.3 is 0 Å². The molecule has 1 heterocycles. The van der Waals surface area contributed by atoms with Crippen molar-refractivity contribution in [2.75, 3.05) is 6.54 Å². The fourth-order valence-corrected chi connectivity index (χ4v) is 2.29. The van der Waals surface area contributed by atoms with Gasteiger partial charge in [0.25, 0.3) is 5.91 Å². The summed E-state index contributed by atoms with van der Waals surface area (Å²) >= 11 is 0. The average Bonchev–Trinajstić information content (AvgIpc) is 2.60. The van der Waals surface area contributed by atoms with E-state index in [-0.39, 0.29) is 31.0 Å². The number of carbonyl (C=O) groups is 2. The predicted molar refractivity (Wildman–Crippen MR) is 100 cm³/mol. The van der Waals surface area contributed by atoms with Crippen molar-refractivity contribution in [2.24, 2.45) is 0 Å². The third kappa shape index (κ3) is 5.58. The second-order valence-electron chi connectivity index (χ2n) is 6.39. The van der Waals surface area contributed by atoms with Crippen LogP contribution in [0.1, 0.15) is 40.9 Å². The van der Waals surface area contributed by atoms with Crippen LogP contribution in [-0.2, 0) is 11.3 Å². The molecule has 0 aliphatic rings. The number of benzene rings is 1. The SMILES string of the molecule is Cc1ccc(C(=O)NCC(=O)NCc2cccnc2OC(C)C)cc1C. The largest absolute Gasteiger partial charge is 0.475 e. The fourth-order valence-electron chi connectivity index (χ4n) is 2.29. The summed E-state index contributed by atoms with van der Waals surface area (Å²) in [5.74, 6) is -0.0445. The number of nitrogens with one attached hydrogen (secondary N) is 2. The minimum absolute atomic E-state index is 0.00314. The molecule has 0 atom stereocenters. The molecule has 0 saturated heterocycles. The highest BCUT2D eigenvalue weighted by Gasteiger charge is 2.11. The third-order valence-electron chi connectivity index (χ3n) is 3.85. The first-order chi connectivity index (χ1) is 12.4. The van der Waals surface area contributed by atoms with E-state index in [0.29, 0.717) is 11.4 Å². The lowest BCUT2D eigenvalue weighted by Crippen LogP contribution is -2.36. The molecule has 6 heteroatoms. The van der Waals surface area contributed by atoms with Crippen molar-refractivity contribution in [1.82, 2.24) is 15.6 Å². The fraction of sp³-hybridized carbons (Fsp3) is 0.350. The molecule has 0 radical (unpaired) electrons. The van der Waals surface area contributed by atoms with Gasteiger partial charge in [-0.15, -0.1) is 0 Å². The molecule has 2 amide bonds. The highest BCUT2D eigenvalue weighted by Crippen LogP contribution is 2.15. The van der Waals surface area contributed by atoms with E-state index in [2.05, 4.69) is 15.6 Å². The Labute approximate surface area is 154 Å². The van der Waals surface area contributed by atoms with Crippen molar-refractivity contribution in [3.63, 3.8) is 0 Å². The summed E-state index contributed by atoms with van der Waals surface area (Å²) in [7, 11) is 0. The van der Waals surface area contributed by atoms with E-state index in [4.69, 9.17) is 4.74 Å². The molecule has 0 fully saturated rings. The Morgan fingerprint density at radius 2 is 1.88 bits per heavy atom. The number of ether oxygens (including phenoxy) is 1. The maximum absolute atomic E-state index is 12.1. The summed E-state index contributed by atoms with van der Waals surface area (Å²) in [5.41, 5.74) is 3.49. The van der Waals surface area contributed by atoms with E-state index in [1.807, 2.05) is 45.9 Å². The monoisotopic (exact) mass is 355 g/mol. The van der Waals surface area contributed by atoms with Crippen LogP contribution in [0.25, 0.3) is 0 Å². The van der Waals surface area contributed by atoms with Crippen LogP contribution in [0, 0.1) is 13.8 Å². The molecule has 2 N–H and O–H groups in total. The van der Waals surface area contributed by atoms with Gasteiger partial charge in [0.2, 0.25) is 11.8 Å². The van der Waals surface area contributed by atoms with Crippen LogP contribution in [0.2, 0.25) is 0 Å². The van der Waals surface area contributed by atoms with Crippen LogP contribution in [0.4, 0.5) is 0 Å². The zero-order valence-corrected chi connectivity index (χ0v) is 15.6. The van der Waals surface area contributed by atoms with Crippen molar-refractivity contribution in [3.8, 4) is 5.88 Å². The number of pyridine rings is 1. The van der Waals surface area contributed by atoms with Crippen LogP contribution in [0.15, 0.2) is 36.5 Å². The summed E-state index contributed by atoms with van der Waals surface area (Å²) in [6.07, 6.45) is 1.64. The molecule has 0 unspecified atom stereocenters. The summed E-state index contributed by atoms with van der Waals surface area (Å²) in [4.78, 5) is 28.3. The van der Waals surface area contributed by atoms with Gasteiger partial charge in [-0.05, 0) is 57.0 Å².